The smallest absolute Gasteiger partial charge is 0.249 e. The summed E-state index contributed by atoms with van der Waals surface area (Å²) in [6.07, 6.45) is 3.81. The minimum Gasteiger partial charge on any atom is -0.458 e. The van der Waals surface area contributed by atoms with Crippen molar-refractivity contribution in [1.29, 1.82) is 0 Å². The Labute approximate surface area is 238 Å². The molecular formula is C31H35N3O5S. The average molecular weight is 562 g/mol. The van der Waals surface area contributed by atoms with E-state index in [4.69, 9.17) is 9.15 Å². The number of Topliss-reactive ketones (excluding diaryl/α,β-unsaturated/α-hetero) is 1. The van der Waals surface area contributed by atoms with Gasteiger partial charge in [0.2, 0.25) is 17.6 Å². The third-order valence-corrected chi connectivity index (χ3v) is 8.85. The molecule has 5 rings (SSSR count). The molecular weight excluding hydrogens is 526 g/mol. The molecule has 0 saturated carbocycles. The maximum absolute atomic E-state index is 14.4. The minimum absolute atomic E-state index is 0.146. The van der Waals surface area contributed by atoms with Gasteiger partial charge in [0.05, 0.1) is 12.0 Å². The fourth-order valence-electron chi connectivity index (χ4n) is 5.87. The molecule has 3 aromatic rings. The van der Waals surface area contributed by atoms with Crippen LogP contribution in [0.15, 0.2) is 64.4 Å². The van der Waals surface area contributed by atoms with Crippen molar-refractivity contribution in [3.8, 4) is 0 Å². The van der Waals surface area contributed by atoms with Crippen LogP contribution >= 0.6 is 11.3 Å². The number of ketones is 1. The first-order valence-electron chi connectivity index (χ1n) is 13.6. The van der Waals surface area contributed by atoms with Gasteiger partial charge in [-0.3, -0.25) is 14.4 Å². The van der Waals surface area contributed by atoms with E-state index in [1.54, 1.807) is 24.0 Å². The first-order chi connectivity index (χ1) is 19.4. The molecule has 40 heavy (non-hydrogen) atoms. The molecule has 4 heterocycles. The number of piperazine rings is 1. The Morgan fingerprint density at radius 1 is 1.07 bits per heavy atom. The Kier molecular flexibility index (Phi) is 8.63. The summed E-state index contributed by atoms with van der Waals surface area (Å²) in [7, 11) is 1.46. The molecule has 0 aliphatic carbocycles. The highest BCUT2D eigenvalue weighted by Crippen LogP contribution is 2.48. The van der Waals surface area contributed by atoms with Crippen LogP contribution in [0.2, 0.25) is 0 Å². The molecule has 1 aromatic carbocycles. The van der Waals surface area contributed by atoms with Crippen molar-refractivity contribution in [2.24, 2.45) is 5.92 Å². The van der Waals surface area contributed by atoms with Crippen molar-refractivity contribution in [1.82, 2.24) is 15.1 Å². The van der Waals surface area contributed by atoms with Crippen LogP contribution in [0.3, 0.4) is 0 Å². The van der Waals surface area contributed by atoms with E-state index in [0.29, 0.717) is 31.9 Å². The molecule has 2 amide bonds. The second kappa shape index (κ2) is 12.3. The molecule has 0 bridgehead atoms. The summed E-state index contributed by atoms with van der Waals surface area (Å²) < 4.78 is 11.1. The molecule has 1 N–H and O–H groups in total. The van der Waals surface area contributed by atoms with Gasteiger partial charge >= 0.3 is 0 Å². The fraction of sp³-hybridized carbons (Fsp3) is 0.387. The number of rotatable bonds is 8. The number of furan rings is 1. The van der Waals surface area contributed by atoms with E-state index < -0.39 is 23.9 Å². The number of benzene rings is 1. The highest BCUT2D eigenvalue weighted by molar-refractivity contribution is 7.10. The number of thiophene rings is 1. The van der Waals surface area contributed by atoms with Gasteiger partial charge in [0.25, 0.3) is 0 Å². The third kappa shape index (κ3) is 5.54. The van der Waals surface area contributed by atoms with Gasteiger partial charge in [-0.1, -0.05) is 42.5 Å². The van der Waals surface area contributed by atoms with Gasteiger partial charge in [-0.25, -0.2) is 0 Å². The summed E-state index contributed by atoms with van der Waals surface area (Å²) in [5, 5.41) is 5.27. The predicted molar refractivity (Wildman–Crippen MR) is 154 cm³/mol. The van der Waals surface area contributed by atoms with Crippen molar-refractivity contribution < 1.29 is 23.5 Å². The van der Waals surface area contributed by atoms with E-state index in [1.807, 2.05) is 65.8 Å². The molecule has 4 atom stereocenters. The lowest BCUT2D eigenvalue weighted by molar-refractivity contribution is -0.147. The Balaban J connectivity index is 1.69. The van der Waals surface area contributed by atoms with E-state index in [9.17, 15) is 14.4 Å². The van der Waals surface area contributed by atoms with Crippen LogP contribution in [0, 0.1) is 19.8 Å². The van der Waals surface area contributed by atoms with Gasteiger partial charge < -0.3 is 24.3 Å². The SMILES string of the molecule is COCC(=O)N1C(C=Cc2ccccc2)C(C(=O)c2ccc(C)o2)C(c2sccc2C)C1C(=O)N1CCNCC1. The number of nitrogens with zero attached hydrogens (tertiary/aromatic N) is 2. The monoisotopic (exact) mass is 561 g/mol. The van der Waals surface area contributed by atoms with Crippen molar-refractivity contribution in [3.63, 3.8) is 0 Å². The zero-order valence-electron chi connectivity index (χ0n) is 23.0. The third-order valence-electron chi connectivity index (χ3n) is 7.73. The summed E-state index contributed by atoms with van der Waals surface area (Å²) in [5.74, 6) is -1.13. The molecule has 2 fully saturated rings. The van der Waals surface area contributed by atoms with Crippen LogP contribution in [-0.2, 0) is 14.3 Å². The summed E-state index contributed by atoms with van der Waals surface area (Å²) in [6.45, 7) is 6.03. The second-order valence-corrected chi connectivity index (χ2v) is 11.3. The zero-order valence-corrected chi connectivity index (χ0v) is 23.9. The number of carbonyl (C=O) groups excluding carboxylic acids is 3. The standard InChI is InChI=1S/C31H35N3O5S/c1-20-13-18-40-30(20)27-26(29(36)24-12-9-21(2)39-24)23(11-10-22-7-5-4-6-8-22)34(25(35)19-38-3)28(27)31(37)33-16-14-32-15-17-33/h4-13,18,23,26-28,32H,14-17,19H2,1-3H3. The molecule has 2 aliphatic rings. The molecule has 4 unspecified atom stereocenters. The number of hydrogen-bond acceptors (Lipinski definition) is 7. The Morgan fingerprint density at radius 2 is 1.82 bits per heavy atom. The summed E-state index contributed by atoms with van der Waals surface area (Å²) in [6, 6.07) is 13.6. The number of nitrogens with one attached hydrogen (secondary N) is 1. The number of methoxy groups -OCH3 is 1. The minimum atomic E-state index is -0.867. The predicted octanol–water partition coefficient (Wildman–Crippen LogP) is 3.91. The first kappa shape index (κ1) is 28.0. The number of carbonyl (C=O) groups is 3. The topological polar surface area (TPSA) is 92.1 Å². The van der Waals surface area contributed by atoms with E-state index in [0.717, 1.165) is 16.0 Å². The summed E-state index contributed by atoms with van der Waals surface area (Å²) in [4.78, 5) is 46.9. The van der Waals surface area contributed by atoms with Gasteiger partial charge in [0.15, 0.2) is 5.76 Å². The lowest BCUT2D eigenvalue weighted by atomic mass is 9.80. The van der Waals surface area contributed by atoms with E-state index in [-0.39, 0.29) is 30.0 Å². The Hall–Kier alpha value is -3.53. The Morgan fingerprint density at radius 3 is 2.45 bits per heavy atom. The van der Waals surface area contributed by atoms with Crippen LogP contribution in [-0.4, -0.2) is 79.4 Å². The number of aryl methyl sites for hydroxylation is 2. The van der Waals surface area contributed by atoms with Crippen LogP contribution in [0.25, 0.3) is 6.08 Å². The number of likely N-dealkylation sites (tertiary alicyclic amines) is 1. The van der Waals surface area contributed by atoms with Gasteiger partial charge in [0.1, 0.15) is 18.4 Å². The summed E-state index contributed by atoms with van der Waals surface area (Å²) >= 11 is 1.52. The van der Waals surface area contributed by atoms with Crippen molar-refractivity contribution in [2.75, 3.05) is 39.9 Å². The second-order valence-electron chi connectivity index (χ2n) is 10.3. The average Bonchev–Trinajstić information content (AvgIpc) is 3.68. The maximum Gasteiger partial charge on any atom is 0.249 e. The highest BCUT2D eigenvalue weighted by Gasteiger charge is 2.58. The molecule has 8 nitrogen and oxygen atoms in total. The largest absolute Gasteiger partial charge is 0.458 e. The Bertz CT molecular complexity index is 1370. The normalized spacial score (nSPS) is 23.2. The number of ether oxygens (including phenoxy) is 1. The molecule has 2 aliphatic heterocycles. The van der Waals surface area contributed by atoms with Crippen molar-refractivity contribution in [2.45, 2.75) is 31.8 Å². The number of amides is 2. The number of hydrogen-bond donors (Lipinski definition) is 1. The lowest BCUT2D eigenvalue weighted by Gasteiger charge is -2.35. The zero-order chi connectivity index (χ0) is 28.2. The van der Waals surface area contributed by atoms with Crippen LogP contribution in [0.5, 0.6) is 0 Å². The molecule has 2 aromatic heterocycles. The van der Waals surface area contributed by atoms with Crippen LogP contribution in [0.4, 0.5) is 0 Å². The van der Waals surface area contributed by atoms with Gasteiger partial charge in [-0.15, -0.1) is 11.3 Å². The highest BCUT2D eigenvalue weighted by atomic mass is 32.1. The van der Waals surface area contributed by atoms with Crippen molar-refractivity contribution in [3.05, 3.63) is 87.5 Å². The van der Waals surface area contributed by atoms with Crippen molar-refractivity contribution >= 4 is 35.0 Å². The fourth-order valence-corrected chi connectivity index (χ4v) is 6.98. The van der Waals surface area contributed by atoms with Gasteiger partial charge in [0, 0.05) is 44.1 Å². The van der Waals surface area contributed by atoms with E-state index >= 15 is 0 Å². The molecule has 210 valence electrons. The lowest BCUT2D eigenvalue weighted by Crippen LogP contribution is -2.56. The van der Waals surface area contributed by atoms with E-state index in [2.05, 4.69) is 5.32 Å². The summed E-state index contributed by atoms with van der Waals surface area (Å²) in [5.41, 5.74) is 1.93. The van der Waals surface area contributed by atoms with Crippen LogP contribution < -0.4 is 5.32 Å². The molecule has 0 spiro atoms. The molecule has 9 heteroatoms. The van der Waals surface area contributed by atoms with Gasteiger partial charge in [-0.05, 0) is 48.6 Å². The van der Waals surface area contributed by atoms with E-state index in [1.165, 1.54) is 18.4 Å². The van der Waals surface area contributed by atoms with Gasteiger partial charge in [-0.2, -0.15) is 0 Å². The first-order valence-corrected chi connectivity index (χ1v) is 14.5. The quantitative estimate of drug-likeness (QED) is 0.420. The maximum atomic E-state index is 14.4. The van der Waals surface area contributed by atoms with Crippen LogP contribution in [0.1, 0.15) is 38.2 Å². The molecule has 0 radical (unpaired) electrons. The molecule has 2 saturated heterocycles.